The minimum Gasteiger partial charge on any atom is -0.350 e. The zero-order valence-electron chi connectivity index (χ0n) is 16.0. The zero-order chi connectivity index (χ0) is 21.0. The predicted octanol–water partition coefficient (Wildman–Crippen LogP) is 2.55. The summed E-state index contributed by atoms with van der Waals surface area (Å²) in [4.78, 5) is 26.1. The Kier molecular flexibility index (Phi) is 6.44. The largest absolute Gasteiger partial charge is 0.350 e. The highest BCUT2D eigenvalue weighted by Gasteiger charge is 2.22. The fraction of sp³-hybridized carbons (Fsp3) is 0.300. The van der Waals surface area contributed by atoms with Crippen molar-refractivity contribution in [2.75, 3.05) is 28.6 Å². The smallest absolute Gasteiger partial charge is 0.241 e. The summed E-state index contributed by atoms with van der Waals surface area (Å²) in [6, 6.07) is 13.7. The van der Waals surface area contributed by atoms with E-state index < -0.39 is 15.9 Å². The molecule has 2 amide bonds. The molecule has 3 rings (SSSR count). The van der Waals surface area contributed by atoms with Crippen LogP contribution in [0.3, 0.4) is 0 Å². The van der Waals surface area contributed by atoms with E-state index in [0.717, 1.165) is 28.2 Å². The highest BCUT2D eigenvalue weighted by Crippen LogP contribution is 2.23. The topological polar surface area (TPSA) is 86.8 Å². The van der Waals surface area contributed by atoms with Gasteiger partial charge in [-0.2, -0.15) is 0 Å². The van der Waals surface area contributed by atoms with Crippen LogP contribution in [-0.4, -0.2) is 39.6 Å². The molecule has 0 atom stereocenters. The Morgan fingerprint density at radius 2 is 1.97 bits per heavy atom. The van der Waals surface area contributed by atoms with Crippen molar-refractivity contribution >= 4 is 44.8 Å². The van der Waals surface area contributed by atoms with Gasteiger partial charge in [-0.15, -0.1) is 0 Å². The number of anilines is 2. The van der Waals surface area contributed by atoms with Crippen LogP contribution < -0.4 is 14.5 Å². The molecule has 29 heavy (non-hydrogen) atoms. The van der Waals surface area contributed by atoms with Gasteiger partial charge in [-0.25, -0.2) is 8.42 Å². The Balaban J connectivity index is 1.66. The van der Waals surface area contributed by atoms with Gasteiger partial charge in [-0.1, -0.05) is 29.8 Å². The van der Waals surface area contributed by atoms with Gasteiger partial charge < -0.3 is 10.2 Å². The Morgan fingerprint density at radius 3 is 2.62 bits per heavy atom. The third-order valence-corrected chi connectivity index (χ3v) is 5.94. The summed E-state index contributed by atoms with van der Waals surface area (Å²) in [5.74, 6) is -0.352. The number of rotatable bonds is 7. The van der Waals surface area contributed by atoms with Crippen LogP contribution in [0.15, 0.2) is 48.5 Å². The van der Waals surface area contributed by atoms with Gasteiger partial charge in [0, 0.05) is 30.2 Å². The maximum absolute atomic E-state index is 12.4. The molecule has 0 unspecified atom stereocenters. The summed E-state index contributed by atoms with van der Waals surface area (Å²) in [7, 11) is -3.67. The lowest BCUT2D eigenvalue weighted by molar-refractivity contribution is -0.120. The van der Waals surface area contributed by atoms with Crippen LogP contribution >= 0.6 is 11.6 Å². The van der Waals surface area contributed by atoms with Crippen molar-refractivity contribution in [3.05, 3.63) is 59.1 Å². The van der Waals surface area contributed by atoms with E-state index in [2.05, 4.69) is 5.32 Å². The van der Waals surface area contributed by atoms with Gasteiger partial charge in [-0.05, 0) is 42.3 Å². The average molecular weight is 436 g/mol. The van der Waals surface area contributed by atoms with Crippen LogP contribution in [0.4, 0.5) is 11.4 Å². The second-order valence-corrected chi connectivity index (χ2v) is 9.19. The number of carbonyl (C=O) groups is 2. The molecule has 1 saturated heterocycles. The lowest BCUT2D eigenvalue weighted by Crippen LogP contribution is -2.40. The second kappa shape index (κ2) is 8.84. The van der Waals surface area contributed by atoms with Crippen molar-refractivity contribution in [1.29, 1.82) is 0 Å². The van der Waals surface area contributed by atoms with Gasteiger partial charge in [0.15, 0.2) is 0 Å². The first kappa shape index (κ1) is 21.1. The molecule has 2 aromatic carbocycles. The van der Waals surface area contributed by atoms with E-state index in [1.165, 1.54) is 6.07 Å². The molecule has 154 valence electrons. The standard InChI is InChI=1S/C20H22ClN3O4S/c1-29(27,28)24(18-8-3-6-16(21)12-18)14-19(25)22-13-15-5-2-7-17(11-15)23-10-4-9-20(23)26/h2-3,5-8,11-12H,4,9-10,13-14H2,1H3,(H,22,25). The quantitative estimate of drug-likeness (QED) is 0.724. The monoisotopic (exact) mass is 435 g/mol. The van der Waals surface area contributed by atoms with Gasteiger partial charge in [0.25, 0.3) is 0 Å². The predicted molar refractivity (Wildman–Crippen MR) is 114 cm³/mol. The van der Waals surface area contributed by atoms with E-state index in [1.54, 1.807) is 23.1 Å². The maximum Gasteiger partial charge on any atom is 0.241 e. The van der Waals surface area contributed by atoms with Crippen molar-refractivity contribution in [2.24, 2.45) is 0 Å². The third-order valence-electron chi connectivity index (χ3n) is 4.57. The van der Waals surface area contributed by atoms with Crippen LogP contribution in [0, 0.1) is 0 Å². The lowest BCUT2D eigenvalue weighted by atomic mass is 10.2. The summed E-state index contributed by atoms with van der Waals surface area (Å²) in [5, 5.41) is 3.11. The Bertz CT molecular complexity index is 1030. The van der Waals surface area contributed by atoms with E-state index in [9.17, 15) is 18.0 Å². The summed E-state index contributed by atoms with van der Waals surface area (Å²) >= 11 is 5.95. The lowest BCUT2D eigenvalue weighted by Gasteiger charge is -2.22. The van der Waals surface area contributed by atoms with Crippen molar-refractivity contribution < 1.29 is 18.0 Å². The first-order valence-electron chi connectivity index (χ1n) is 9.13. The number of hydrogen-bond donors (Lipinski definition) is 1. The highest BCUT2D eigenvalue weighted by molar-refractivity contribution is 7.92. The summed E-state index contributed by atoms with van der Waals surface area (Å²) < 4.78 is 25.3. The molecule has 0 saturated carbocycles. The van der Waals surface area contributed by atoms with E-state index in [4.69, 9.17) is 11.6 Å². The number of amides is 2. The molecule has 0 aliphatic carbocycles. The van der Waals surface area contributed by atoms with E-state index in [1.807, 2.05) is 24.3 Å². The molecular formula is C20H22ClN3O4S. The number of benzene rings is 2. The molecule has 0 aromatic heterocycles. The molecule has 0 bridgehead atoms. The molecule has 1 fully saturated rings. The van der Waals surface area contributed by atoms with Gasteiger partial charge in [-0.3, -0.25) is 13.9 Å². The molecule has 0 spiro atoms. The van der Waals surface area contributed by atoms with E-state index >= 15 is 0 Å². The van der Waals surface area contributed by atoms with Crippen molar-refractivity contribution in [2.45, 2.75) is 19.4 Å². The Morgan fingerprint density at radius 1 is 1.21 bits per heavy atom. The molecule has 7 nitrogen and oxygen atoms in total. The summed E-state index contributed by atoms with van der Waals surface area (Å²) in [6.45, 7) is 0.558. The Hall–Kier alpha value is -2.58. The van der Waals surface area contributed by atoms with Crippen LogP contribution in [0.5, 0.6) is 0 Å². The number of sulfonamides is 1. The SMILES string of the molecule is CS(=O)(=O)N(CC(=O)NCc1cccc(N2CCCC2=O)c1)c1cccc(Cl)c1. The molecule has 1 aliphatic rings. The van der Waals surface area contributed by atoms with Crippen LogP contribution in [0.1, 0.15) is 18.4 Å². The van der Waals surface area contributed by atoms with Gasteiger partial charge >= 0.3 is 0 Å². The number of halogens is 1. The summed E-state index contributed by atoms with van der Waals surface area (Å²) in [6.07, 6.45) is 2.42. The number of hydrogen-bond acceptors (Lipinski definition) is 4. The number of nitrogens with one attached hydrogen (secondary N) is 1. The average Bonchev–Trinajstić information content (AvgIpc) is 3.10. The molecule has 1 heterocycles. The fourth-order valence-electron chi connectivity index (χ4n) is 3.17. The highest BCUT2D eigenvalue weighted by atomic mass is 35.5. The van der Waals surface area contributed by atoms with E-state index in [0.29, 0.717) is 23.7 Å². The fourth-order valence-corrected chi connectivity index (χ4v) is 4.21. The van der Waals surface area contributed by atoms with Gasteiger partial charge in [0.1, 0.15) is 6.54 Å². The minimum absolute atomic E-state index is 0.0940. The van der Waals surface area contributed by atoms with Gasteiger partial charge in [0.2, 0.25) is 21.8 Å². The third kappa shape index (κ3) is 5.48. The Labute approximate surface area is 175 Å². The molecule has 1 N–H and O–H groups in total. The van der Waals surface area contributed by atoms with Crippen molar-refractivity contribution in [3.63, 3.8) is 0 Å². The van der Waals surface area contributed by atoms with Gasteiger partial charge in [0.05, 0.1) is 11.9 Å². The van der Waals surface area contributed by atoms with Crippen LogP contribution in [0.25, 0.3) is 0 Å². The van der Waals surface area contributed by atoms with Crippen LogP contribution in [0.2, 0.25) is 5.02 Å². The maximum atomic E-state index is 12.4. The molecule has 9 heteroatoms. The van der Waals surface area contributed by atoms with Crippen LogP contribution in [-0.2, 0) is 26.2 Å². The molecular weight excluding hydrogens is 414 g/mol. The second-order valence-electron chi connectivity index (χ2n) is 6.85. The first-order chi connectivity index (χ1) is 13.7. The molecule has 1 aliphatic heterocycles. The zero-order valence-corrected chi connectivity index (χ0v) is 17.5. The van der Waals surface area contributed by atoms with E-state index in [-0.39, 0.29) is 19.0 Å². The normalized spacial score (nSPS) is 14.1. The summed E-state index contributed by atoms with van der Waals surface area (Å²) in [5.41, 5.74) is 1.95. The minimum atomic E-state index is -3.67. The number of nitrogens with zero attached hydrogens (tertiary/aromatic N) is 2. The molecule has 0 radical (unpaired) electrons. The first-order valence-corrected chi connectivity index (χ1v) is 11.4. The number of carbonyl (C=O) groups excluding carboxylic acids is 2. The van der Waals surface area contributed by atoms with Crippen molar-refractivity contribution in [1.82, 2.24) is 5.32 Å². The van der Waals surface area contributed by atoms with Crippen molar-refractivity contribution in [3.8, 4) is 0 Å². The molecule has 2 aromatic rings.